The molecule has 1 aromatic heterocycles. The van der Waals surface area contributed by atoms with Gasteiger partial charge in [0, 0.05) is 22.2 Å². The lowest BCUT2D eigenvalue weighted by Gasteiger charge is -2.11. The van der Waals surface area contributed by atoms with E-state index in [1.165, 1.54) is 16.9 Å². The van der Waals surface area contributed by atoms with E-state index in [2.05, 4.69) is 71.7 Å². The summed E-state index contributed by atoms with van der Waals surface area (Å²) in [5.41, 5.74) is 8.93. The van der Waals surface area contributed by atoms with Gasteiger partial charge < -0.3 is 10.1 Å². The van der Waals surface area contributed by atoms with Crippen LogP contribution < -0.4 is 15.5 Å². The molecule has 40 heavy (non-hydrogen) atoms. The predicted octanol–water partition coefficient (Wildman–Crippen LogP) is 8.73. The first-order valence-corrected chi connectivity index (χ1v) is 14.8. The zero-order valence-corrected chi connectivity index (χ0v) is 25.4. The standard InChI is InChI=1S/C31H24Br2N4O2S/c1-20-7-13-25(14-8-20)35-31-36-28(19-40-31)23-9-11-24(12-10-23)30(38)37-34-17-22-15-26(32)29(27(33)16-22)39-18-21-5-3-2-4-6-21/h2-17,19H,18H2,1H3,(H,35,36)(H,37,38)/b34-17-. The lowest BCUT2D eigenvalue weighted by molar-refractivity contribution is 0.0955. The summed E-state index contributed by atoms with van der Waals surface area (Å²) in [4.78, 5) is 17.3. The number of carbonyl (C=O) groups excluding carboxylic acids is 1. The van der Waals surface area contributed by atoms with Crippen LogP contribution in [-0.4, -0.2) is 17.1 Å². The fourth-order valence-corrected chi connectivity index (χ4v) is 5.96. The monoisotopic (exact) mass is 674 g/mol. The molecule has 2 N–H and O–H groups in total. The van der Waals surface area contributed by atoms with Gasteiger partial charge in [0.25, 0.3) is 5.91 Å². The maximum absolute atomic E-state index is 12.6. The van der Waals surface area contributed by atoms with Crippen molar-refractivity contribution in [1.29, 1.82) is 0 Å². The second-order valence-electron chi connectivity index (χ2n) is 8.89. The molecule has 6 nitrogen and oxygen atoms in total. The molecule has 5 rings (SSSR count). The Morgan fingerprint density at radius 2 is 1.68 bits per heavy atom. The molecule has 0 aliphatic heterocycles. The molecule has 0 bridgehead atoms. The first-order chi connectivity index (χ1) is 19.4. The van der Waals surface area contributed by atoms with Crippen molar-refractivity contribution in [3.05, 3.63) is 128 Å². The number of amides is 1. The molecule has 9 heteroatoms. The fraction of sp³-hybridized carbons (Fsp3) is 0.0645. The number of halogens is 2. The van der Waals surface area contributed by atoms with Crippen molar-refractivity contribution in [2.45, 2.75) is 13.5 Å². The Morgan fingerprint density at radius 3 is 2.38 bits per heavy atom. The quantitative estimate of drug-likeness (QED) is 0.121. The molecule has 200 valence electrons. The second-order valence-corrected chi connectivity index (χ2v) is 11.5. The number of carbonyl (C=O) groups is 1. The van der Waals surface area contributed by atoms with Crippen molar-refractivity contribution >= 4 is 66.1 Å². The van der Waals surface area contributed by atoms with Crippen molar-refractivity contribution in [3.8, 4) is 17.0 Å². The van der Waals surface area contributed by atoms with Gasteiger partial charge in [-0.2, -0.15) is 5.10 Å². The van der Waals surface area contributed by atoms with Gasteiger partial charge in [-0.25, -0.2) is 10.4 Å². The summed E-state index contributed by atoms with van der Waals surface area (Å²) in [5, 5.41) is 10.3. The number of hydrogen-bond donors (Lipinski definition) is 2. The van der Waals surface area contributed by atoms with Gasteiger partial charge in [-0.15, -0.1) is 11.3 Å². The molecule has 0 atom stereocenters. The van der Waals surface area contributed by atoms with Gasteiger partial charge in [0.05, 0.1) is 20.9 Å². The Kier molecular flexibility index (Phi) is 9.05. The molecule has 0 saturated carbocycles. The van der Waals surface area contributed by atoms with E-state index in [1.54, 1.807) is 18.3 Å². The van der Waals surface area contributed by atoms with Gasteiger partial charge in [-0.3, -0.25) is 4.79 Å². The number of nitrogens with one attached hydrogen (secondary N) is 2. The Morgan fingerprint density at radius 1 is 0.975 bits per heavy atom. The highest BCUT2D eigenvalue weighted by atomic mass is 79.9. The zero-order chi connectivity index (χ0) is 27.9. The van der Waals surface area contributed by atoms with E-state index in [-0.39, 0.29) is 5.91 Å². The van der Waals surface area contributed by atoms with Gasteiger partial charge >= 0.3 is 0 Å². The molecule has 0 radical (unpaired) electrons. The van der Waals surface area contributed by atoms with Crippen molar-refractivity contribution in [3.63, 3.8) is 0 Å². The van der Waals surface area contributed by atoms with Crippen LogP contribution in [0.4, 0.5) is 10.8 Å². The number of anilines is 2. The van der Waals surface area contributed by atoms with Gasteiger partial charge in [0.2, 0.25) is 0 Å². The van der Waals surface area contributed by atoms with Crippen molar-refractivity contribution in [1.82, 2.24) is 10.4 Å². The maximum Gasteiger partial charge on any atom is 0.271 e. The molecular formula is C31H24Br2N4O2S. The molecule has 0 spiro atoms. The van der Waals surface area contributed by atoms with E-state index >= 15 is 0 Å². The number of rotatable bonds is 9. The van der Waals surface area contributed by atoms with Crippen LogP contribution in [0.15, 0.2) is 110 Å². The van der Waals surface area contributed by atoms with Crippen LogP contribution in [-0.2, 0) is 6.61 Å². The van der Waals surface area contributed by atoms with Crippen LogP contribution in [0.5, 0.6) is 5.75 Å². The molecule has 0 aliphatic rings. The first-order valence-electron chi connectivity index (χ1n) is 12.3. The minimum atomic E-state index is -0.302. The minimum Gasteiger partial charge on any atom is -0.487 e. The lowest BCUT2D eigenvalue weighted by atomic mass is 10.1. The molecule has 0 fully saturated rings. The van der Waals surface area contributed by atoms with Crippen LogP contribution in [0.25, 0.3) is 11.3 Å². The summed E-state index contributed by atoms with van der Waals surface area (Å²) in [7, 11) is 0. The van der Waals surface area contributed by atoms with Crippen LogP contribution in [0.1, 0.15) is 27.0 Å². The van der Waals surface area contributed by atoms with Crippen LogP contribution >= 0.6 is 43.2 Å². The van der Waals surface area contributed by atoms with E-state index in [0.29, 0.717) is 17.9 Å². The highest BCUT2D eigenvalue weighted by molar-refractivity contribution is 9.11. The smallest absolute Gasteiger partial charge is 0.271 e. The number of ether oxygens (including phenoxy) is 1. The molecular weight excluding hydrogens is 652 g/mol. The van der Waals surface area contributed by atoms with E-state index in [9.17, 15) is 4.79 Å². The molecule has 4 aromatic carbocycles. The molecule has 0 aliphatic carbocycles. The molecule has 1 amide bonds. The van der Waals surface area contributed by atoms with Gasteiger partial charge in [-0.1, -0.05) is 60.2 Å². The zero-order valence-electron chi connectivity index (χ0n) is 21.4. The molecule has 1 heterocycles. The summed E-state index contributed by atoms with van der Waals surface area (Å²) < 4.78 is 7.52. The van der Waals surface area contributed by atoms with Crippen molar-refractivity contribution in [2.24, 2.45) is 5.10 Å². The first kappa shape index (κ1) is 27.8. The summed E-state index contributed by atoms with van der Waals surface area (Å²) in [6.45, 7) is 2.51. The highest BCUT2D eigenvalue weighted by Gasteiger charge is 2.10. The molecule has 5 aromatic rings. The van der Waals surface area contributed by atoms with Crippen LogP contribution in [0.3, 0.4) is 0 Å². The average Bonchev–Trinajstić information content (AvgIpc) is 3.43. The summed E-state index contributed by atoms with van der Waals surface area (Å²) >= 11 is 8.66. The topological polar surface area (TPSA) is 75.6 Å². The lowest BCUT2D eigenvalue weighted by Crippen LogP contribution is -2.17. The number of benzene rings is 4. The SMILES string of the molecule is Cc1ccc(Nc2nc(-c3ccc(C(=O)N/N=C\c4cc(Br)c(OCc5ccccc5)c(Br)c4)cc3)cs2)cc1. The molecule has 0 saturated heterocycles. The predicted molar refractivity (Wildman–Crippen MR) is 170 cm³/mol. The third kappa shape index (κ3) is 7.24. The van der Waals surface area contributed by atoms with Gasteiger partial charge in [-0.05, 0) is 86.3 Å². The van der Waals surface area contributed by atoms with E-state index in [1.807, 2.05) is 72.1 Å². The second kappa shape index (κ2) is 13.0. The fourth-order valence-electron chi connectivity index (χ4n) is 3.77. The number of aryl methyl sites for hydroxylation is 1. The maximum atomic E-state index is 12.6. The Hall–Kier alpha value is -3.79. The normalized spacial score (nSPS) is 11.0. The summed E-state index contributed by atoms with van der Waals surface area (Å²) in [6, 6.07) is 29.2. The van der Waals surface area contributed by atoms with E-state index < -0.39 is 0 Å². The number of aromatic nitrogens is 1. The van der Waals surface area contributed by atoms with E-state index in [0.717, 1.165) is 42.1 Å². The summed E-state index contributed by atoms with van der Waals surface area (Å²) in [5.74, 6) is 0.395. The number of hydrogen-bond acceptors (Lipinski definition) is 6. The summed E-state index contributed by atoms with van der Waals surface area (Å²) in [6.07, 6.45) is 1.58. The highest BCUT2D eigenvalue weighted by Crippen LogP contribution is 2.35. The van der Waals surface area contributed by atoms with Gasteiger partial charge in [0.1, 0.15) is 12.4 Å². The van der Waals surface area contributed by atoms with Crippen molar-refractivity contribution < 1.29 is 9.53 Å². The minimum absolute atomic E-state index is 0.302. The van der Waals surface area contributed by atoms with Crippen LogP contribution in [0.2, 0.25) is 0 Å². The van der Waals surface area contributed by atoms with Crippen LogP contribution in [0, 0.1) is 6.92 Å². The number of hydrazone groups is 1. The van der Waals surface area contributed by atoms with Gasteiger partial charge in [0.15, 0.2) is 5.13 Å². The molecule has 0 unspecified atom stereocenters. The Balaban J connectivity index is 1.17. The van der Waals surface area contributed by atoms with E-state index in [4.69, 9.17) is 4.74 Å². The number of nitrogens with zero attached hydrogens (tertiary/aromatic N) is 2. The Labute approximate surface area is 253 Å². The third-order valence-electron chi connectivity index (χ3n) is 5.88. The largest absolute Gasteiger partial charge is 0.487 e. The Bertz CT molecular complexity index is 1610. The van der Waals surface area contributed by atoms with Crippen molar-refractivity contribution in [2.75, 3.05) is 5.32 Å². The third-order valence-corrected chi connectivity index (χ3v) is 7.81. The average molecular weight is 676 g/mol. The number of thiazole rings is 1.